The summed E-state index contributed by atoms with van der Waals surface area (Å²) in [5.41, 5.74) is 2.27. The summed E-state index contributed by atoms with van der Waals surface area (Å²) in [6.45, 7) is 1.03. The fourth-order valence-corrected chi connectivity index (χ4v) is 3.50. The number of anilines is 1. The number of halogens is 1. The molecule has 1 amide bonds. The molecule has 3 aromatic rings. The van der Waals surface area contributed by atoms with Crippen molar-refractivity contribution in [3.05, 3.63) is 63.0 Å². The van der Waals surface area contributed by atoms with E-state index < -0.39 is 5.97 Å². The van der Waals surface area contributed by atoms with Gasteiger partial charge in [0.15, 0.2) is 0 Å². The number of ether oxygens (including phenoxy) is 1. The number of nitrogens with one attached hydrogen (secondary N) is 3. The van der Waals surface area contributed by atoms with E-state index >= 15 is 0 Å². The summed E-state index contributed by atoms with van der Waals surface area (Å²) in [6.07, 6.45) is 0. The summed E-state index contributed by atoms with van der Waals surface area (Å²) < 4.78 is 4.72. The van der Waals surface area contributed by atoms with Gasteiger partial charge < -0.3 is 24.9 Å². The predicted octanol–water partition coefficient (Wildman–Crippen LogP) is 2.23. The normalized spacial score (nSPS) is 14.0. The van der Waals surface area contributed by atoms with Gasteiger partial charge in [-0.1, -0.05) is 17.7 Å². The Bertz CT molecular complexity index is 1130. The van der Waals surface area contributed by atoms with Crippen molar-refractivity contribution in [2.45, 2.75) is 6.04 Å². The number of hydrogen-bond donors (Lipinski definition) is 3. The van der Waals surface area contributed by atoms with Crippen LogP contribution >= 0.6 is 11.6 Å². The quantitative estimate of drug-likeness (QED) is 0.582. The van der Waals surface area contributed by atoms with Crippen molar-refractivity contribution in [2.24, 2.45) is 0 Å². The van der Waals surface area contributed by atoms with E-state index in [1.54, 1.807) is 35.2 Å². The fourth-order valence-electron chi connectivity index (χ4n) is 3.23. The first-order valence-electron chi connectivity index (χ1n) is 8.60. The van der Waals surface area contributed by atoms with Gasteiger partial charge in [0.05, 0.1) is 34.8 Å². The van der Waals surface area contributed by atoms with Gasteiger partial charge in [-0.05, 0) is 30.3 Å². The molecule has 0 atom stereocenters. The van der Waals surface area contributed by atoms with Gasteiger partial charge in [0, 0.05) is 24.3 Å². The average Bonchev–Trinajstić information content (AvgIpc) is 3.04. The van der Waals surface area contributed by atoms with Crippen LogP contribution in [0, 0.1) is 0 Å². The minimum absolute atomic E-state index is 0.0723. The second-order valence-corrected chi connectivity index (χ2v) is 6.99. The van der Waals surface area contributed by atoms with Gasteiger partial charge in [-0.15, -0.1) is 0 Å². The third kappa shape index (κ3) is 3.34. The number of amides is 1. The highest BCUT2D eigenvalue weighted by Crippen LogP contribution is 2.24. The number of fused-ring (bicyclic) bond motifs is 1. The Morgan fingerprint density at radius 2 is 1.96 bits per heavy atom. The highest BCUT2D eigenvalue weighted by Gasteiger charge is 2.31. The predicted molar refractivity (Wildman–Crippen MR) is 105 cm³/mol. The van der Waals surface area contributed by atoms with Crippen molar-refractivity contribution in [1.82, 2.24) is 14.9 Å². The van der Waals surface area contributed by atoms with Gasteiger partial charge in [0.1, 0.15) is 0 Å². The molecule has 1 fully saturated rings. The van der Waals surface area contributed by atoms with Crippen LogP contribution in [0.2, 0.25) is 5.02 Å². The van der Waals surface area contributed by atoms with E-state index in [0.717, 1.165) is 5.69 Å². The molecule has 0 aliphatic carbocycles. The lowest BCUT2D eigenvalue weighted by molar-refractivity contribution is 0.0599. The van der Waals surface area contributed by atoms with Crippen molar-refractivity contribution in [2.75, 3.05) is 25.5 Å². The standard InChI is InChI=1S/C19H17ClN4O4/c1-28-18(26)10-3-2-4-12(5-10)21-13-8-24(9-13)17(25)11-6-14(20)16-15(7-11)22-19(27)23-16/h2-7,13,21H,8-9H2,1H3,(H2,22,23,27). The SMILES string of the molecule is COC(=O)c1cccc(NC2CN(C(=O)c3cc(Cl)c4[nH]c(=O)[nH]c4c3)C2)c1. The summed E-state index contributed by atoms with van der Waals surface area (Å²) in [5, 5.41) is 3.61. The van der Waals surface area contributed by atoms with Crippen LogP contribution in [0.1, 0.15) is 20.7 Å². The molecule has 0 bridgehead atoms. The lowest BCUT2D eigenvalue weighted by Gasteiger charge is -2.40. The Hall–Kier alpha value is -3.26. The van der Waals surface area contributed by atoms with E-state index in [-0.39, 0.29) is 17.6 Å². The molecule has 0 radical (unpaired) electrons. The number of benzene rings is 2. The zero-order valence-electron chi connectivity index (χ0n) is 14.9. The van der Waals surface area contributed by atoms with Crippen LogP contribution in [0.25, 0.3) is 11.0 Å². The highest BCUT2D eigenvalue weighted by atomic mass is 35.5. The maximum atomic E-state index is 12.7. The molecule has 0 saturated carbocycles. The van der Waals surface area contributed by atoms with Gasteiger partial charge in [0.2, 0.25) is 0 Å². The number of aromatic nitrogens is 2. The Labute approximate surface area is 164 Å². The number of carbonyl (C=O) groups excluding carboxylic acids is 2. The van der Waals surface area contributed by atoms with Crippen LogP contribution < -0.4 is 11.0 Å². The lowest BCUT2D eigenvalue weighted by Crippen LogP contribution is -2.57. The molecule has 9 heteroatoms. The molecular weight excluding hydrogens is 384 g/mol. The number of esters is 1. The molecule has 4 rings (SSSR count). The summed E-state index contributed by atoms with van der Waals surface area (Å²) in [4.78, 5) is 42.6. The molecular formula is C19H17ClN4O4. The third-order valence-corrected chi connectivity index (χ3v) is 4.95. The Morgan fingerprint density at radius 3 is 2.71 bits per heavy atom. The number of rotatable bonds is 4. The Kier molecular flexibility index (Phi) is 4.56. The molecule has 2 aromatic carbocycles. The topological polar surface area (TPSA) is 107 Å². The second kappa shape index (κ2) is 7.05. The summed E-state index contributed by atoms with van der Waals surface area (Å²) in [6, 6.07) is 10.3. The molecule has 8 nitrogen and oxygen atoms in total. The molecule has 1 saturated heterocycles. The number of nitrogens with zero attached hydrogens (tertiary/aromatic N) is 1. The molecule has 2 heterocycles. The van der Waals surface area contributed by atoms with Crippen molar-refractivity contribution in [3.8, 4) is 0 Å². The molecule has 0 unspecified atom stereocenters. The van der Waals surface area contributed by atoms with Crippen LogP contribution in [0.5, 0.6) is 0 Å². The van der Waals surface area contributed by atoms with Gasteiger partial charge in [-0.2, -0.15) is 0 Å². The van der Waals surface area contributed by atoms with Gasteiger partial charge >= 0.3 is 11.7 Å². The van der Waals surface area contributed by atoms with E-state index in [1.165, 1.54) is 7.11 Å². The maximum absolute atomic E-state index is 12.7. The van der Waals surface area contributed by atoms with E-state index in [1.807, 2.05) is 6.07 Å². The number of aromatic amines is 2. The third-order valence-electron chi connectivity index (χ3n) is 4.65. The number of likely N-dealkylation sites (tertiary alicyclic amines) is 1. The molecule has 28 heavy (non-hydrogen) atoms. The van der Waals surface area contributed by atoms with Crippen molar-refractivity contribution >= 4 is 40.2 Å². The van der Waals surface area contributed by atoms with E-state index in [0.29, 0.717) is 40.3 Å². The zero-order chi connectivity index (χ0) is 19.8. The Morgan fingerprint density at radius 1 is 1.18 bits per heavy atom. The van der Waals surface area contributed by atoms with Crippen LogP contribution in [0.4, 0.5) is 5.69 Å². The minimum atomic E-state index is -0.399. The Balaban J connectivity index is 1.42. The number of methoxy groups -OCH3 is 1. The van der Waals surface area contributed by atoms with Crippen LogP contribution in [0.15, 0.2) is 41.2 Å². The van der Waals surface area contributed by atoms with Crippen LogP contribution in [-0.2, 0) is 4.74 Å². The van der Waals surface area contributed by atoms with Gasteiger partial charge in [-0.25, -0.2) is 9.59 Å². The first-order chi connectivity index (χ1) is 13.4. The van der Waals surface area contributed by atoms with Crippen LogP contribution in [-0.4, -0.2) is 53.0 Å². The van der Waals surface area contributed by atoms with Crippen LogP contribution in [0.3, 0.4) is 0 Å². The van der Waals surface area contributed by atoms with E-state index in [2.05, 4.69) is 15.3 Å². The summed E-state index contributed by atoms with van der Waals surface area (Å²) in [7, 11) is 1.34. The molecule has 3 N–H and O–H groups in total. The first kappa shape index (κ1) is 18.1. The van der Waals surface area contributed by atoms with E-state index in [9.17, 15) is 14.4 Å². The van der Waals surface area contributed by atoms with Crippen molar-refractivity contribution < 1.29 is 14.3 Å². The van der Waals surface area contributed by atoms with E-state index in [4.69, 9.17) is 16.3 Å². The fraction of sp³-hybridized carbons (Fsp3) is 0.211. The largest absolute Gasteiger partial charge is 0.465 e. The number of carbonyl (C=O) groups is 2. The molecule has 1 aliphatic heterocycles. The smallest absolute Gasteiger partial charge is 0.337 e. The van der Waals surface area contributed by atoms with Crippen molar-refractivity contribution in [1.29, 1.82) is 0 Å². The van der Waals surface area contributed by atoms with Gasteiger partial charge in [0.25, 0.3) is 5.91 Å². The lowest BCUT2D eigenvalue weighted by atomic mass is 10.1. The summed E-state index contributed by atoms with van der Waals surface area (Å²) in [5.74, 6) is -0.559. The molecule has 1 aromatic heterocycles. The van der Waals surface area contributed by atoms with Gasteiger partial charge in [-0.3, -0.25) is 4.79 Å². The highest BCUT2D eigenvalue weighted by molar-refractivity contribution is 6.35. The first-order valence-corrected chi connectivity index (χ1v) is 8.98. The summed E-state index contributed by atoms with van der Waals surface area (Å²) >= 11 is 6.16. The second-order valence-electron chi connectivity index (χ2n) is 6.58. The molecule has 1 aliphatic rings. The number of H-pyrrole nitrogens is 2. The minimum Gasteiger partial charge on any atom is -0.465 e. The zero-order valence-corrected chi connectivity index (χ0v) is 15.7. The molecule has 144 valence electrons. The average molecular weight is 401 g/mol. The maximum Gasteiger partial charge on any atom is 0.337 e. The van der Waals surface area contributed by atoms with Crippen molar-refractivity contribution in [3.63, 3.8) is 0 Å². The molecule has 0 spiro atoms. The number of imidazole rings is 1. The monoisotopic (exact) mass is 400 g/mol. The number of hydrogen-bond acceptors (Lipinski definition) is 5.